The van der Waals surface area contributed by atoms with Gasteiger partial charge in [-0.2, -0.15) is 0 Å². The van der Waals surface area contributed by atoms with E-state index in [9.17, 15) is 9.18 Å². The molecule has 1 unspecified atom stereocenters. The standard InChI is InChI=1S/C23H25FN2O2/c24-19-6-8-20(9-7-19)28-14-12-17-11-13-26(16-17)23(27)10-5-18-15-25-22-4-2-1-3-21(18)22/h1-4,6-9,15,17,25H,5,10-14,16H2. The number of nitrogens with zero attached hydrogens (tertiary/aromatic N) is 1. The summed E-state index contributed by atoms with van der Waals surface area (Å²) in [5, 5.41) is 1.20. The zero-order chi connectivity index (χ0) is 19.3. The fourth-order valence-electron chi connectivity index (χ4n) is 3.91. The maximum atomic E-state index is 12.9. The quantitative estimate of drug-likeness (QED) is 0.653. The van der Waals surface area contributed by atoms with E-state index in [4.69, 9.17) is 4.74 Å². The largest absolute Gasteiger partial charge is 0.494 e. The Labute approximate surface area is 164 Å². The third kappa shape index (κ3) is 4.35. The van der Waals surface area contributed by atoms with Crippen molar-refractivity contribution in [3.05, 3.63) is 66.1 Å². The summed E-state index contributed by atoms with van der Waals surface area (Å²) in [4.78, 5) is 17.9. The van der Waals surface area contributed by atoms with Gasteiger partial charge in [0.15, 0.2) is 0 Å². The lowest BCUT2D eigenvalue weighted by Crippen LogP contribution is -2.29. The van der Waals surface area contributed by atoms with Crippen LogP contribution in [0, 0.1) is 11.7 Å². The maximum absolute atomic E-state index is 12.9. The smallest absolute Gasteiger partial charge is 0.222 e. The zero-order valence-electron chi connectivity index (χ0n) is 15.9. The highest BCUT2D eigenvalue weighted by atomic mass is 19.1. The molecular formula is C23H25FN2O2. The number of H-pyrrole nitrogens is 1. The minimum Gasteiger partial charge on any atom is -0.494 e. The van der Waals surface area contributed by atoms with Gasteiger partial charge in [0.25, 0.3) is 0 Å². The molecule has 2 aromatic carbocycles. The number of likely N-dealkylation sites (tertiary alicyclic amines) is 1. The summed E-state index contributed by atoms with van der Waals surface area (Å²) in [6.07, 6.45) is 5.24. The Balaban J connectivity index is 1.21. The van der Waals surface area contributed by atoms with Crippen molar-refractivity contribution < 1.29 is 13.9 Å². The minimum absolute atomic E-state index is 0.229. The van der Waals surface area contributed by atoms with Gasteiger partial charge in [0, 0.05) is 36.6 Å². The number of aromatic amines is 1. The van der Waals surface area contributed by atoms with Crippen LogP contribution in [0.25, 0.3) is 10.9 Å². The van der Waals surface area contributed by atoms with E-state index in [0.717, 1.165) is 37.9 Å². The van der Waals surface area contributed by atoms with Crippen molar-refractivity contribution in [2.24, 2.45) is 5.92 Å². The van der Waals surface area contributed by atoms with Crippen LogP contribution in [0.1, 0.15) is 24.8 Å². The molecule has 28 heavy (non-hydrogen) atoms. The van der Waals surface area contributed by atoms with Crippen LogP contribution in [-0.4, -0.2) is 35.5 Å². The number of ether oxygens (including phenoxy) is 1. The highest BCUT2D eigenvalue weighted by molar-refractivity contribution is 5.84. The predicted molar refractivity (Wildman–Crippen MR) is 108 cm³/mol. The monoisotopic (exact) mass is 380 g/mol. The molecule has 0 bridgehead atoms. The second kappa shape index (κ2) is 8.46. The number of halogens is 1. The molecule has 0 radical (unpaired) electrons. The molecule has 1 amide bonds. The molecule has 146 valence electrons. The van der Waals surface area contributed by atoms with Gasteiger partial charge in [-0.1, -0.05) is 18.2 Å². The third-order valence-corrected chi connectivity index (χ3v) is 5.53. The number of carbonyl (C=O) groups excluding carboxylic acids is 1. The predicted octanol–water partition coefficient (Wildman–Crippen LogP) is 4.56. The number of para-hydroxylation sites is 1. The highest BCUT2D eigenvalue weighted by Crippen LogP contribution is 2.23. The summed E-state index contributed by atoms with van der Waals surface area (Å²) < 4.78 is 18.6. The molecule has 1 fully saturated rings. The summed E-state index contributed by atoms with van der Waals surface area (Å²) in [5.41, 5.74) is 2.32. The number of rotatable bonds is 7. The van der Waals surface area contributed by atoms with E-state index >= 15 is 0 Å². The molecule has 3 aromatic rings. The van der Waals surface area contributed by atoms with E-state index in [1.54, 1.807) is 12.1 Å². The fourth-order valence-corrected chi connectivity index (χ4v) is 3.91. The van der Waals surface area contributed by atoms with E-state index in [1.165, 1.54) is 23.1 Å². The first-order chi connectivity index (χ1) is 13.7. The third-order valence-electron chi connectivity index (χ3n) is 5.53. The number of hydrogen-bond acceptors (Lipinski definition) is 2. The van der Waals surface area contributed by atoms with Crippen LogP contribution >= 0.6 is 0 Å². The van der Waals surface area contributed by atoms with Gasteiger partial charge in [0.05, 0.1) is 6.61 Å². The molecule has 0 saturated carbocycles. The Morgan fingerprint density at radius 3 is 2.86 bits per heavy atom. The molecule has 1 atom stereocenters. The number of nitrogens with one attached hydrogen (secondary N) is 1. The first-order valence-electron chi connectivity index (χ1n) is 9.90. The van der Waals surface area contributed by atoms with E-state index in [-0.39, 0.29) is 11.7 Å². The van der Waals surface area contributed by atoms with E-state index < -0.39 is 0 Å². The molecular weight excluding hydrogens is 355 g/mol. The molecule has 1 aromatic heterocycles. The molecule has 0 aliphatic carbocycles. The zero-order valence-corrected chi connectivity index (χ0v) is 15.9. The Morgan fingerprint density at radius 2 is 2.00 bits per heavy atom. The Kier molecular flexibility index (Phi) is 5.60. The van der Waals surface area contributed by atoms with Crippen molar-refractivity contribution in [3.8, 4) is 5.75 Å². The van der Waals surface area contributed by atoms with Gasteiger partial charge < -0.3 is 14.6 Å². The summed E-state index contributed by atoms with van der Waals surface area (Å²) in [6.45, 7) is 2.22. The van der Waals surface area contributed by atoms with Crippen LogP contribution in [0.5, 0.6) is 5.75 Å². The number of carbonyl (C=O) groups is 1. The van der Waals surface area contributed by atoms with Crippen molar-refractivity contribution in [2.75, 3.05) is 19.7 Å². The van der Waals surface area contributed by atoms with Crippen molar-refractivity contribution in [2.45, 2.75) is 25.7 Å². The molecule has 1 aliphatic heterocycles. The summed E-state index contributed by atoms with van der Waals surface area (Å²) in [7, 11) is 0. The van der Waals surface area contributed by atoms with Crippen molar-refractivity contribution in [1.29, 1.82) is 0 Å². The number of fused-ring (bicyclic) bond motifs is 1. The van der Waals surface area contributed by atoms with Crippen molar-refractivity contribution in [1.82, 2.24) is 9.88 Å². The van der Waals surface area contributed by atoms with E-state index in [0.29, 0.717) is 24.7 Å². The summed E-state index contributed by atoms with van der Waals surface area (Å²) >= 11 is 0. The molecule has 4 rings (SSSR count). The molecule has 4 nitrogen and oxygen atoms in total. The topological polar surface area (TPSA) is 45.3 Å². The Hall–Kier alpha value is -2.82. The van der Waals surface area contributed by atoms with Gasteiger partial charge in [-0.05, 0) is 61.1 Å². The highest BCUT2D eigenvalue weighted by Gasteiger charge is 2.25. The Morgan fingerprint density at radius 1 is 1.18 bits per heavy atom. The lowest BCUT2D eigenvalue weighted by atomic mass is 10.1. The number of amides is 1. The summed E-state index contributed by atoms with van der Waals surface area (Å²) in [6, 6.07) is 14.3. The number of benzene rings is 2. The second-order valence-electron chi connectivity index (χ2n) is 7.45. The lowest BCUT2D eigenvalue weighted by molar-refractivity contribution is -0.130. The molecule has 0 spiro atoms. The van der Waals surface area contributed by atoms with Crippen LogP contribution in [0.15, 0.2) is 54.7 Å². The van der Waals surface area contributed by atoms with Crippen molar-refractivity contribution >= 4 is 16.8 Å². The molecule has 1 N–H and O–H groups in total. The average molecular weight is 380 g/mol. The average Bonchev–Trinajstić information content (AvgIpc) is 3.35. The van der Waals surface area contributed by atoms with Gasteiger partial charge in [-0.15, -0.1) is 0 Å². The SMILES string of the molecule is O=C(CCc1c[nH]c2ccccc12)N1CCC(CCOc2ccc(F)cc2)C1. The van der Waals surface area contributed by atoms with Gasteiger partial charge in [-0.3, -0.25) is 4.79 Å². The first-order valence-corrected chi connectivity index (χ1v) is 9.90. The second-order valence-corrected chi connectivity index (χ2v) is 7.45. The molecule has 1 aliphatic rings. The first kappa shape index (κ1) is 18.5. The lowest BCUT2D eigenvalue weighted by Gasteiger charge is -2.16. The molecule has 2 heterocycles. The summed E-state index contributed by atoms with van der Waals surface area (Å²) in [5.74, 6) is 1.13. The molecule has 1 saturated heterocycles. The minimum atomic E-state index is -0.259. The van der Waals surface area contributed by atoms with Gasteiger partial charge in [0.1, 0.15) is 11.6 Å². The van der Waals surface area contributed by atoms with Gasteiger partial charge >= 0.3 is 0 Å². The fraction of sp³-hybridized carbons (Fsp3) is 0.348. The normalized spacial score (nSPS) is 16.6. The maximum Gasteiger partial charge on any atom is 0.222 e. The van der Waals surface area contributed by atoms with E-state index in [1.807, 2.05) is 23.2 Å². The van der Waals surface area contributed by atoms with Crippen LogP contribution in [0.4, 0.5) is 4.39 Å². The van der Waals surface area contributed by atoms with Crippen molar-refractivity contribution in [3.63, 3.8) is 0 Å². The van der Waals surface area contributed by atoms with Gasteiger partial charge in [-0.25, -0.2) is 4.39 Å². The number of aryl methyl sites for hydroxylation is 1. The van der Waals surface area contributed by atoms with Crippen LogP contribution in [0.3, 0.4) is 0 Å². The number of hydrogen-bond donors (Lipinski definition) is 1. The molecule has 5 heteroatoms. The number of aromatic nitrogens is 1. The van der Waals surface area contributed by atoms with Gasteiger partial charge in [0.2, 0.25) is 5.91 Å². The van der Waals surface area contributed by atoms with E-state index in [2.05, 4.69) is 17.1 Å². The van der Waals surface area contributed by atoms with Crippen LogP contribution in [0.2, 0.25) is 0 Å². The van der Waals surface area contributed by atoms with Crippen LogP contribution < -0.4 is 4.74 Å². The van der Waals surface area contributed by atoms with Crippen LogP contribution in [-0.2, 0) is 11.2 Å². The Bertz CT molecular complexity index is 935.